The summed E-state index contributed by atoms with van der Waals surface area (Å²) in [4.78, 5) is 40.2. The van der Waals surface area contributed by atoms with Crippen LogP contribution in [-0.4, -0.2) is 58.9 Å². The topological polar surface area (TPSA) is 77.9 Å². The van der Waals surface area contributed by atoms with Gasteiger partial charge in [0.25, 0.3) is 5.91 Å². The molecule has 2 amide bonds. The Morgan fingerprint density at radius 2 is 1.48 bits per heavy atom. The van der Waals surface area contributed by atoms with E-state index >= 15 is 0 Å². The predicted octanol–water partition coefficient (Wildman–Crippen LogP) is 2.70. The summed E-state index contributed by atoms with van der Waals surface area (Å²) in [6.45, 7) is 4.05. The maximum absolute atomic E-state index is 12.8. The number of amides is 2. The SMILES string of the molecule is Cc1ccc(C(=O)N2CCN(C(=O)CC3(CC(=O)O)CCCC3)CC2)cc1. The van der Waals surface area contributed by atoms with Crippen LogP contribution in [0.5, 0.6) is 0 Å². The van der Waals surface area contributed by atoms with Crippen LogP contribution < -0.4 is 0 Å². The van der Waals surface area contributed by atoms with Gasteiger partial charge in [0, 0.05) is 38.2 Å². The molecule has 2 fully saturated rings. The van der Waals surface area contributed by atoms with Crippen molar-refractivity contribution >= 4 is 17.8 Å². The molecule has 27 heavy (non-hydrogen) atoms. The summed E-state index contributed by atoms with van der Waals surface area (Å²) < 4.78 is 0. The molecule has 0 unspecified atom stereocenters. The number of aliphatic carboxylic acids is 1. The minimum Gasteiger partial charge on any atom is -0.481 e. The summed E-state index contributed by atoms with van der Waals surface area (Å²) in [6.07, 6.45) is 4.02. The van der Waals surface area contributed by atoms with E-state index in [1.807, 2.05) is 31.2 Å². The van der Waals surface area contributed by atoms with Crippen molar-refractivity contribution in [1.82, 2.24) is 9.80 Å². The largest absolute Gasteiger partial charge is 0.481 e. The first-order chi connectivity index (χ1) is 12.9. The molecule has 1 aliphatic heterocycles. The first-order valence-corrected chi connectivity index (χ1v) is 9.74. The van der Waals surface area contributed by atoms with Crippen molar-refractivity contribution in [3.05, 3.63) is 35.4 Å². The number of carbonyl (C=O) groups is 3. The van der Waals surface area contributed by atoms with Crippen LogP contribution in [0.3, 0.4) is 0 Å². The minimum absolute atomic E-state index is 0.000222. The first kappa shape index (κ1) is 19.4. The van der Waals surface area contributed by atoms with Crippen LogP contribution in [0, 0.1) is 12.3 Å². The molecule has 0 atom stereocenters. The number of aryl methyl sites for hydroxylation is 1. The molecule has 0 bridgehead atoms. The monoisotopic (exact) mass is 372 g/mol. The molecular weight excluding hydrogens is 344 g/mol. The third-order valence-corrected chi connectivity index (χ3v) is 5.93. The lowest BCUT2D eigenvalue weighted by molar-refractivity contribution is -0.142. The van der Waals surface area contributed by atoms with Gasteiger partial charge in [-0.1, -0.05) is 30.5 Å². The predicted molar refractivity (Wildman–Crippen MR) is 101 cm³/mol. The molecule has 1 saturated carbocycles. The van der Waals surface area contributed by atoms with Gasteiger partial charge in [-0.25, -0.2) is 0 Å². The third-order valence-electron chi connectivity index (χ3n) is 5.93. The van der Waals surface area contributed by atoms with Crippen LogP contribution in [0.4, 0.5) is 0 Å². The average Bonchev–Trinajstić information content (AvgIpc) is 3.09. The van der Waals surface area contributed by atoms with Crippen LogP contribution >= 0.6 is 0 Å². The second-order valence-electron chi connectivity index (χ2n) is 7.99. The van der Waals surface area contributed by atoms with Gasteiger partial charge in [0.2, 0.25) is 5.91 Å². The van der Waals surface area contributed by atoms with Gasteiger partial charge in [0.05, 0.1) is 6.42 Å². The maximum atomic E-state index is 12.8. The van der Waals surface area contributed by atoms with Gasteiger partial charge < -0.3 is 14.9 Å². The lowest BCUT2D eigenvalue weighted by Gasteiger charge is -2.37. The van der Waals surface area contributed by atoms with Gasteiger partial charge in [0.1, 0.15) is 0 Å². The van der Waals surface area contributed by atoms with Crippen molar-refractivity contribution in [2.24, 2.45) is 5.41 Å². The highest BCUT2D eigenvalue weighted by Gasteiger charge is 2.39. The smallest absolute Gasteiger partial charge is 0.303 e. The normalized spacial score (nSPS) is 19.1. The van der Waals surface area contributed by atoms with E-state index in [0.29, 0.717) is 38.2 Å². The fraction of sp³-hybridized carbons (Fsp3) is 0.571. The highest BCUT2D eigenvalue weighted by molar-refractivity contribution is 5.94. The Bertz CT molecular complexity index is 699. The van der Waals surface area contributed by atoms with E-state index < -0.39 is 5.97 Å². The fourth-order valence-electron chi connectivity index (χ4n) is 4.33. The molecule has 2 aliphatic rings. The standard InChI is InChI=1S/C21H28N2O4/c1-16-4-6-17(7-5-16)20(27)23-12-10-22(11-13-23)18(24)14-21(15-19(25)26)8-2-3-9-21/h4-7H,2-3,8-15H2,1H3,(H,25,26). The van der Waals surface area contributed by atoms with Crippen LogP contribution in [-0.2, 0) is 9.59 Å². The number of carboxylic acids is 1. The van der Waals surface area contributed by atoms with Crippen molar-refractivity contribution in [2.75, 3.05) is 26.2 Å². The van der Waals surface area contributed by atoms with Crippen LogP contribution in [0.2, 0.25) is 0 Å². The highest BCUT2D eigenvalue weighted by atomic mass is 16.4. The van der Waals surface area contributed by atoms with Crippen molar-refractivity contribution in [3.8, 4) is 0 Å². The Hall–Kier alpha value is -2.37. The maximum Gasteiger partial charge on any atom is 0.303 e. The summed E-state index contributed by atoms with van der Waals surface area (Å²) in [7, 11) is 0. The summed E-state index contributed by atoms with van der Waals surface area (Å²) in [5, 5.41) is 9.21. The van der Waals surface area contributed by atoms with E-state index in [1.165, 1.54) is 0 Å². The Labute approximate surface area is 160 Å². The molecule has 0 aromatic heterocycles. The summed E-state index contributed by atoms with van der Waals surface area (Å²) in [6, 6.07) is 7.53. The Balaban J connectivity index is 1.55. The molecule has 1 aromatic carbocycles. The van der Waals surface area contributed by atoms with E-state index in [2.05, 4.69) is 0 Å². The van der Waals surface area contributed by atoms with Gasteiger partial charge in [-0.3, -0.25) is 14.4 Å². The van der Waals surface area contributed by atoms with E-state index in [1.54, 1.807) is 9.80 Å². The first-order valence-electron chi connectivity index (χ1n) is 9.74. The zero-order valence-electron chi connectivity index (χ0n) is 15.9. The lowest BCUT2D eigenvalue weighted by atomic mass is 9.79. The average molecular weight is 372 g/mol. The molecule has 146 valence electrons. The van der Waals surface area contributed by atoms with E-state index in [-0.39, 0.29) is 23.7 Å². The minimum atomic E-state index is -0.821. The van der Waals surface area contributed by atoms with Gasteiger partial charge in [0.15, 0.2) is 0 Å². The number of carbonyl (C=O) groups excluding carboxylic acids is 2. The number of rotatable bonds is 5. The summed E-state index contributed by atoms with van der Waals surface area (Å²) in [5.41, 5.74) is 1.41. The van der Waals surface area contributed by atoms with Crippen LogP contribution in [0.1, 0.15) is 54.4 Å². The molecule has 1 heterocycles. The Morgan fingerprint density at radius 3 is 2.04 bits per heavy atom. The van der Waals surface area contributed by atoms with E-state index in [9.17, 15) is 19.5 Å². The van der Waals surface area contributed by atoms with Crippen molar-refractivity contribution < 1.29 is 19.5 Å². The summed E-state index contributed by atoms with van der Waals surface area (Å²) >= 11 is 0. The second kappa shape index (κ2) is 8.11. The van der Waals surface area contributed by atoms with E-state index in [0.717, 1.165) is 31.2 Å². The van der Waals surface area contributed by atoms with Crippen molar-refractivity contribution in [3.63, 3.8) is 0 Å². The molecule has 1 saturated heterocycles. The number of piperazine rings is 1. The Morgan fingerprint density at radius 1 is 0.926 bits per heavy atom. The molecule has 0 radical (unpaired) electrons. The molecule has 1 aromatic rings. The Kier molecular flexibility index (Phi) is 5.82. The molecule has 1 aliphatic carbocycles. The van der Waals surface area contributed by atoms with Crippen LogP contribution in [0.25, 0.3) is 0 Å². The molecule has 6 nitrogen and oxygen atoms in total. The van der Waals surface area contributed by atoms with Gasteiger partial charge in [-0.2, -0.15) is 0 Å². The number of hydrogen-bond donors (Lipinski definition) is 1. The zero-order valence-corrected chi connectivity index (χ0v) is 15.9. The molecule has 0 spiro atoms. The molecule has 6 heteroatoms. The van der Waals surface area contributed by atoms with Crippen molar-refractivity contribution in [2.45, 2.75) is 45.4 Å². The van der Waals surface area contributed by atoms with Gasteiger partial charge >= 0.3 is 5.97 Å². The third kappa shape index (κ3) is 4.67. The lowest BCUT2D eigenvalue weighted by Crippen LogP contribution is -2.51. The number of benzene rings is 1. The second-order valence-corrected chi connectivity index (χ2v) is 7.99. The van der Waals surface area contributed by atoms with Gasteiger partial charge in [-0.15, -0.1) is 0 Å². The summed E-state index contributed by atoms with van der Waals surface area (Å²) in [5.74, 6) is -0.793. The number of hydrogen-bond acceptors (Lipinski definition) is 3. The fourth-order valence-corrected chi connectivity index (χ4v) is 4.33. The highest BCUT2D eigenvalue weighted by Crippen LogP contribution is 2.44. The molecule has 1 N–H and O–H groups in total. The van der Waals surface area contributed by atoms with Crippen molar-refractivity contribution in [1.29, 1.82) is 0 Å². The number of nitrogens with zero attached hydrogens (tertiary/aromatic N) is 2. The quantitative estimate of drug-likeness (QED) is 0.862. The molecule has 3 rings (SSSR count). The molecular formula is C21H28N2O4. The van der Waals surface area contributed by atoms with E-state index in [4.69, 9.17) is 0 Å². The zero-order chi connectivity index (χ0) is 19.4. The van der Waals surface area contributed by atoms with Gasteiger partial charge in [-0.05, 0) is 37.3 Å². The van der Waals surface area contributed by atoms with Crippen LogP contribution in [0.15, 0.2) is 24.3 Å². The number of carboxylic acid groups (broad SMARTS) is 1.